The summed E-state index contributed by atoms with van der Waals surface area (Å²) in [5, 5.41) is 21.5. The highest BCUT2D eigenvalue weighted by Crippen LogP contribution is 2.36. The average Bonchev–Trinajstić information content (AvgIpc) is 2.94. The summed E-state index contributed by atoms with van der Waals surface area (Å²) in [6.45, 7) is 0. The number of benzene rings is 4. The van der Waals surface area contributed by atoms with E-state index in [4.69, 9.17) is 15.1 Å². The van der Waals surface area contributed by atoms with E-state index < -0.39 is 7.32 Å². The van der Waals surface area contributed by atoms with E-state index in [-0.39, 0.29) is 17.0 Å². The molecule has 0 bridgehead atoms. The Bertz CT molecular complexity index is 1090. The van der Waals surface area contributed by atoms with Gasteiger partial charge in [-0.2, -0.15) is 0 Å². The summed E-state index contributed by atoms with van der Waals surface area (Å²) in [5.41, 5.74) is 7.40. The van der Waals surface area contributed by atoms with Gasteiger partial charge in [0.1, 0.15) is 0 Å². The molecule has 1 heterocycles. The number of aromatic nitrogens is 1. The molecule has 0 aliphatic rings. The molecule has 6 heteroatoms. The largest absolute Gasteiger partial charge is 1.00 e. The fourth-order valence-corrected chi connectivity index (χ4v) is 3.67. The highest BCUT2D eigenvalue weighted by Gasteiger charge is 2.15. The minimum atomic E-state index is -2.17. The number of nitrogens with one attached hydrogen (secondary N) is 1. The van der Waals surface area contributed by atoms with Crippen molar-refractivity contribution in [3.05, 3.63) is 174 Å². The van der Waals surface area contributed by atoms with Crippen LogP contribution in [0.2, 0.25) is 0 Å². The lowest BCUT2D eigenvalue weighted by atomic mass is 9.86. The molecule has 37 heavy (non-hydrogen) atoms. The molecule has 1 aromatic heterocycles. The van der Waals surface area contributed by atoms with Gasteiger partial charge in [-0.1, -0.05) is 127 Å². The second kappa shape index (κ2) is 16.8. The van der Waals surface area contributed by atoms with Gasteiger partial charge in [0.2, 0.25) is 0 Å². The topological polar surface area (TPSA) is 74.8 Å². The number of aromatic amines is 1. The molecule has 0 saturated carbocycles. The van der Waals surface area contributed by atoms with E-state index in [1.165, 1.54) is 33.4 Å². The van der Waals surface area contributed by atoms with Crippen molar-refractivity contribution in [3.8, 4) is 0 Å². The maximum absolute atomic E-state index is 7.17. The molecule has 5 rings (SSSR count). The Morgan fingerprint density at radius 1 is 0.405 bits per heavy atom. The SMILES string of the molecule is OB(O)O.[Br-].c1cc[nH+]cc1.c1ccc(C(=C(c2ccccc2)c2ccccc2)c2ccccc2)cc1. The first kappa shape index (κ1) is 29.4. The van der Waals surface area contributed by atoms with Gasteiger partial charge in [0.15, 0.2) is 12.4 Å². The van der Waals surface area contributed by atoms with Gasteiger partial charge < -0.3 is 32.1 Å². The average molecular weight is 554 g/mol. The minimum Gasteiger partial charge on any atom is -1.00 e. The number of rotatable bonds is 4. The van der Waals surface area contributed by atoms with Crippen LogP contribution in [0.3, 0.4) is 0 Å². The Balaban J connectivity index is 0.000000370. The third kappa shape index (κ3) is 9.99. The number of halogens is 1. The molecule has 0 spiro atoms. The summed E-state index contributed by atoms with van der Waals surface area (Å²) in [5.74, 6) is 0. The summed E-state index contributed by atoms with van der Waals surface area (Å²) >= 11 is 0. The van der Waals surface area contributed by atoms with Crippen LogP contribution in [0.15, 0.2) is 152 Å². The van der Waals surface area contributed by atoms with Gasteiger partial charge in [0.25, 0.3) is 0 Å². The van der Waals surface area contributed by atoms with Gasteiger partial charge >= 0.3 is 7.32 Å². The molecular formula is C31H29BBrNO3. The fourth-order valence-electron chi connectivity index (χ4n) is 3.67. The third-order valence-electron chi connectivity index (χ3n) is 5.11. The van der Waals surface area contributed by atoms with Crippen molar-refractivity contribution >= 4 is 18.5 Å². The van der Waals surface area contributed by atoms with Crippen molar-refractivity contribution in [1.82, 2.24) is 0 Å². The van der Waals surface area contributed by atoms with E-state index in [1.54, 1.807) is 0 Å². The first-order valence-electron chi connectivity index (χ1n) is 11.6. The van der Waals surface area contributed by atoms with E-state index in [0.717, 1.165) is 0 Å². The Morgan fingerprint density at radius 3 is 0.784 bits per heavy atom. The summed E-state index contributed by atoms with van der Waals surface area (Å²) in [7, 11) is -2.17. The third-order valence-corrected chi connectivity index (χ3v) is 5.11. The van der Waals surface area contributed by atoms with Gasteiger partial charge in [-0.25, -0.2) is 4.98 Å². The van der Waals surface area contributed by atoms with Gasteiger partial charge in [0, 0.05) is 12.1 Å². The molecule has 0 saturated heterocycles. The number of H-pyrrole nitrogens is 1. The molecule has 0 atom stereocenters. The van der Waals surface area contributed by atoms with Crippen LogP contribution in [0.1, 0.15) is 22.3 Å². The standard InChI is InChI=1S/C26H20.C5H5N.BH3O3.BrH/c1-5-13-21(14-6-1)25(22-15-7-2-8-16-22)26(23-17-9-3-10-18-23)24-19-11-4-12-20-24;1-2-4-6-5-3-1;2-1(3)4;/h1-20H;1-5H;2-4H;1H. The normalized spacial score (nSPS) is 9.27. The van der Waals surface area contributed by atoms with Crippen molar-refractivity contribution in [2.45, 2.75) is 0 Å². The lowest BCUT2D eigenvalue weighted by molar-refractivity contribution is -0.377. The van der Waals surface area contributed by atoms with E-state index in [0.29, 0.717) is 0 Å². The van der Waals surface area contributed by atoms with Gasteiger partial charge in [-0.05, 0) is 33.4 Å². The zero-order chi connectivity index (χ0) is 25.4. The Kier molecular flexibility index (Phi) is 13.4. The zero-order valence-electron chi connectivity index (χ0n) is 20.2. The predicted molar refractivity (Wildman–Crippen MR) is 146 cm³/mol. The molecule has 4 N–H and O–H groups in total. The molecule has 186 valence electrons. The Morgan fingerprint density at radius 2 is 0.622 bits per heavy atom. The second-order valence-electron chi connectivity index (χ2n) is 7.64. The smallest absolute Gasteiger partial charge is 0.631 e. The second-order valence-corrected chi connectivity index (χ2v) is 7.64. The Labute approximate surface area is 229 Å². The van der Waals surface area contributed by atoms with Crippen LogP contribution in [-0.4, -0.2) is 22.4 Å². The van der Waals surface area contributed by atoms with Crippen LogP contribution in [0, 0.1) is 0 Å². The van der Waals surface area contributed by atoms with Gasteiger partial charge in [-0.15, -0.1) is 0 Å². The van der Waals surface area contributed by atoms with Gasteiger partial charge in [0.05, 0.1) is 0 Å². The highest BCUT2D eigenvalue weighted by molar-refractivity contribution is 6.30. The molecule has 0 unspecified atom stereocenters. The highest BCUT2D eigenvalue weighted by atomic mass is 79.9. The molecule has 5 aromatic rings. The van der Waals surface area contributed by atoms with E-state index in [9.17, 15) is 0 Å². The molecule has 4 aromatic carbocycles. The van der Waals surface area contributed by atoms with Crippen LogP contribution in [0.5, 0.6) is 0 Å². The lowest BCUT2D eigenvalue weighted by Crippen LogP contribution is -3.00. The zero-order valence-corrected chi connectivity index (χ0v) is 21.8. The molecule has 0 aliphatic carbocycles. The maximum Gasteiger partial charge on any atom is 0.631 e. The number of hydrogen-bond acceptors (Lipinski definition) is 3. The van der Waals surface area contributed by atoms with E-state index in [1.807, 2.05) is 30.6 Å². The van der Waals surface area contributed by atoms with Crippen LogP contribution in [0.25, 0.3) is 11.1 Å². The number of pyridine rings is 1. The van der Waals surface area contributed by atoms with Crippen LogP contribution < -0.4 is 22.0 Å². The monoisotopic (exact) mass is 553 g/mol. The summed E-state index contributed by atoms with van der Waals surface area (Å²) in [4.78, 5) is 2.89. The van der Waals surface area contributed by atoms with Crippen LogP contribution >= 0.6 is 0 Å². The van der Waals surface area contributed by atoms with Crippen LogP contribution in [-0.2, 0) is 0 Å². The number of hydrogen-bond donors (Lipinski definition) is 3. The summed E-state index contributed by atoms with van der Waals surface area (Å²) in [6.07, 6.45) is 3.75. The molecular weight excluding hydrogens is 525 g/mol. The van der Waals surface area contributed by atoms with Gasteiger partial charge in [-0.3, -0.25) is 0 Å². The Hall–Kier alpha value is -3.81. The molecule has 0 aliphatic heterocycles. The maximum atomic E-state index is 7.17. The fraction of sp³-hybridized carbons (Fsp3) is 0. The molecule has 4 nitrogen and oxygen atoms in total. The predicted octanol–water partition coefficient (Wildman–Crippen LogP) is 2.15. The summed E-state index contributed by atoms with van der Waals surface area (Å²) in [6, 6.07) is 48.5. The minimum absolute atomic E-state index is 0. The molecule has 0 amide bonds. The molecule has 0 fully saturated rings. The molecule has 0 radical (unpaired) electrons. The van der Waals surface area contributed by atoms with Crippen molar-refractivity contribution in [1.29, 1.82) is 0 Å². The first-order chi connectivity index (χ1) is 17.7. The van der Waals surface area contributed by atoms with E-state index >= 15 is 0 Å². The first-order valence-corrected chi connectivity index (χ1v) is 11.6. The quantitative estimate of drug-likeness (QED) is 0.236. The van der Waals surface area contributed by atoms with Crippen LogP contribution in [0.4, 0.5) is 0 Å². The van der Waals surface area contributed by atoms with Crippen molar-refractivity contribution in [2.24, 2.45) is 0 Å². The van der Waals surface area contributed by atoms with Crippen molar-refractivity contribution < 1.29 is 37.0 Å². The van der Waals surface area contributed by atoms with Crippen molar-refractivity contribution in [3.63, 3.8) is 0 Å². The lowest BCUT2D eigenvalue weighted by Gasteiger charge is -2.18. The summed E-state index contributed by atoms with van der Waals surface area (Å²) < 4.78 is 0. The van der Waals surface area contributed by atoms with E-state index in [2.05, 4.69) is 126 Å². The van der Waals surface area contributed by atoms with Crippen molar-refractivity contribution in [2.75, 3.05) is 0 Å².